The van der Waals surface area contributed by atoms with E-state index >= 15 is 0 Å². The van der Waals surface area contributed by atoms with Gasteiger partial charge < -0.3 is 10.4 Å². The first-order valence-corrected chi connectivity index (χ1v) is 3.26. The van der Waals surface area contributed by atoms with Gasteiger partial charge in [-0.1, -0.05) is 5.11 Å². The van der Waals surface area contributed by atoms with Gasteiger partial charge in [0.1, 0.15) is 6.04 Å². The van der Waals surface area contributed by atoms with Crippen LogP contribution in [0.2, 0.25) is 0 Å². The third kappa shape index (κ3) is 1.60. The molecule has 2 atom stereocenters. The number of nitrogens with one attached hydrogen (secondary N) is 1. The number of azide groups is 1. The topological polar surface area (TPSA) is 98.1 Å². The maximum absolute atomic E-state index is 10.4. The number of carbonyl (C=O) groups is 1. The van der Waals surface area contributed by atoms with Gasteiger partial charge in [0.15, 0.2) is 0 Å². The van der Waals surface area contributed by atoms with Crippen molar-refractivity contribution < 1.29 is 9.90 Å². The summed E-state index contributed by atoms with van der Waals surface area (Å²) in [6, 6.07) is -1.14. The van der Waals surface area contributed by atoms with Gasteiger partial charge in [0.2, 0.25) is 0 Å². The number of rotatable bonds is 2. The molecule has 2 N–H and O–H groups in total. The molecule has 0 saturated carbocycles. The van der Waals surface area contributed by atoms with Crippen LogP contribution in [0, 0.1) is 0 Å². The van der Waals surface area contributed by atoms with Crippen molar-refractivity contribution in [2.75, 3.05) is 6.54 Å². The van der Waals surface area contributed by atoms with Crippen molar-refractivity contribution in [1.82, 2.24) is 5.32 Å². The highest BCUT2D eigenvalue weighted by molar-refractivity contribution is 5.75. The fourth-order valence-electron chi connectivity index (χ4n) is 1.13. The minimum atomic E-state index is -0.958. The Morgan fingerprint density at radius 2 is 2.55 bits per heavy atom. The third-order valence-corrected chi connectivity index (χ3v) is 1.66. The van der Waals surface area contributed by atoms with Crippen molar-refractivity contribution in [3.63, 3.8) is 0 Å². The Morgan fingerprint density at radius 3 is 3.09 bits per heavy atom. The van der Waals surface area contributed by atoms with Gasteiger partial charge in [0, 0.05) is 4.91 Å². The molecule has 0 aromatic heterocycles. The van der Waals surface area contributed by atoms with Crippen molar-refractivity contribution in [3.05, 3.63) is 10.4 Å². The van der Waals surface area contributed by atoms with E-state index in [1.807, 2.05) is 0 Å². The van der Waals surface area contributed by atoms with Crippen LogP contribution in [0.5, 0.6) is 0 Å². The van der Waals surface area contributed by atoms with Crippen LogP contribution in [-0.2, 0) is 4.79 Å². The molecule has 0 spiro atoms. The van der Waals surface area contributed by atoms with E-state index < -0.39 is 18.1 Å². The molecule has 0 amide bonds. The van der Waals surface area contributed by atoms with Gasteiger partial charge in [-0.15, -0.1) is 0 Å². The van der Waals surface area contributed by atoms with Gasteiger partial charge in [0.25, 0.3) is 0 Å². The van der Waals surface area contributed by atoms with E-state index in [1.54, 1.807) is 0 Å². The maximum Gasteiger partial charge on any atom is 0.321 e. The first-order valence-electron chi connectivity index (χ1n) is 3.26. The zero-order chi connectivity index (χ0) is 8.27. The molecule has 1 saturated heterocycles. The first-order chi connectivity index (χ1) is 5.25. The van der Waals surface area contributed by atoms with Crippen LogP contribution >= 0.6 is 0 Å². The largest absolute Gasteiger partial charge is 0.480 e. The number of carboxylic acids is 1. The molecule has 11 heavy (non-hydrogen) atoms. The molecule has 0 aromatic carbocycles. The molecular formula is C5H8N4O2. The monoisotopic (exact) mass is 156 g/mol. The van der Waals surface area contributed by atoms with E-state index in [2.05, 4.69) is 15.3 Å². The Kier molecular flexibility index (Phi) is 2.30. The summed E-state index contributed by atoms with van der Waals surface area (Å²) in [6.07, 6.45) is 0.598. The molecule has 0 aliphatic carbocycles. The fourth-order valence-corrected chi connectivity index (χ4v) is 1.13. The number of carboxylic acid groups (broad SMARTS) is 1. The van der Waals surface area contributed by atoms with Crippen LogP contribution in [0.4, 0.5) is 0 Å². The highest BCUT2D eigenvalue weighted by Crippen LogP contribution is 2.11. The van der Waals surface area contributed by atoms with E-state index in [0.717, 1.165) is 0 Å². The lowest BCUT2D eigenvalue weighted by atomic mass is 10.1. The number of hydrogen-bond acceptors (Lipinski definition) is 3. The average Bonchev–Trinajstić information content (AvgIpc) is 2.36. The molecular weight excluding hydrogens is 148 g/mol. The van der Waals surface area contributed by atoms with Crippen molar-refractivity contribution in [2.45, 2.75) is 18.5 Å². The van der Waals surface area contributed by atoms with Gasteiger partial charge in [-0.05, 0) is 18.5 Å². The van der Waals surface area contributed by atoms with Crippen molar-refractivity contribution >= 4 is 5.97 Å². The van der Waals surface area contributed by atoms with Crippen molar-refractivity contribution in [2.24, 2.45) is 5.11 Å². The van der Waals surface area contributed by atoms with E-state index in [0.29, 0.717) is 13.0 Å². The summed E-state index contributed by atoms with van der Waals surface area (Å²) in [6.45, 7) is 0.598. The van der Waals surface area contributed by atoms with Crippen molar-refractivity contribution in [3.8, 4) is 0 Å². The van der Waals surface area contributed by atoms with Gasteiger partial charge in [0.05, 0.1) is 6.04 Å². The molecule has 0 unspecified atom stereocenters. The fraction of sp³-hybridized carbons (Fsp3) is 0.800. The minimum absolute atomic E-state index is 0.433. The standard InChI is InChI=1S/C5H8N4O2/c6-9-8-3-1-2-7-4(3)5(10)11/h3-4,7H,1-2H2,(H,10,11)/t3-,4+/m1/s1. The molecule has 6 nitrogen and oxygen atoms in total. The molecule has 1 fully saturated rings. The van der Waals surface area contributed by atoms with Gasteiger partial charge >= 0.3 is 5.97 Å². The normalized spacial score (nSPS) is 29.5. The van der Waals surface area contributed by atoms with Crippen molar-refractivity contribution in [1.29, 1.82) is 0 Å². The Bertz CT molecular complexity index is 203. The maximum atomic E-state index is 10.4. The summed E-state index contributed by atoms with van der Waals surface area (Å²) in [5.74, 6) is -0.958. The molecule has 1 rings (SSSR count). The lowest BCUT2D eigenvalue weighted by Gasteiger charge is -2.07. The van der Waals surface area contributed by atoms with Gasteiger partial charge in [-0.2, -0.15) is 0 Å². The molecule has 1 aliphatic rings. The van der Waals surface area contributed by atoms with Crippen LogP contribution in [0.15, 0.2) is 5.11 Å². The zero-order valence-electron chi connectivity index (χ0n) is 5.77. The molecule has 1 aliphatic heterocycles. The van der Waals surface area contributed by atoms with Gasteiger partial charge in [-0.3, -0.25) is 4.79 Å². The summed E-state index contributed by atoms with van der Waals surface area (Å²) < 4.78 is 0. The van der Waals surface area contributed by atoms with Crippen LogP contribution in [0.3, 0.4) is 0 Å². The molecule has 60 valence electrons. The summed E-state index contributed by atoms with van der Waals surface area (Å²) in [5.41, 5.74) is 8.06. The predicted octanol–water partition coefficient (Wildman–Crippen LogP) is 0.112. The van der Waals surface area contributed by atoms with E-state index in [-0.39, 0.29) is 0 Å². The number of nitrogens with zero attached hydrogens (tertiary/aromatic N) is 3. The lowest BCUT2D eigenvalue weighted by Crippen LogP contribution is -2.37. The number of hydrogen-bond donors (Lipinski definition) is 2. The molecule has 0 aromatic rings. The second-order valence-electron chi connectivity index (χ2n) is 2.33. The summed E-state index contributed by atoms with van der Waals surface area (Å²) in [4.78, 5) is 13.0. The summed E-state index contributed by atoms with van der Waals surface area (Å²) >= 11 is 0. The van der Waals surface area contributed by atoms with E-state index in [1.165, 1.54) is 0 Å². The average molecular weight is 156 g/mol. The minimum Gasteiger partial charge on any atom is -0.480 e. The molecule has 6 heteroatoms. The lowest BCUT2D eigenvalue weighted by molar-refractivity contribution is -0.139. The van der Waals surface area contributed by atoms with Crippen LogP contribution in [0.1, 0.15) is 6.42 Å². The molecule has 1 heterocycles. The molecule has 0 radical (unpaired) electrons. The van der Waals surface area contributed by atoms with Crippen LogP contribution < -0.4 is 5.32 Å². The molecule has 0 bridgehead atoms. The van der Waals surface area contributed by atoms with Crippen LogP contribution in [-0.4, -0.2) is 29.7 Å². The quantitative estimate of drug-likeness (QED) is 0.337. The van der Waals surface area contributed by atoms with Gasteiger partial charge in [-0.25, -0.2) is 0 Å². The summed E-state index contributed by atoms with van der Waals surface area (Å²) in [7, 11) is 0. The first kappa shape index (κ1) is 7.84. The summed E-state index contributed by atoms with van der Waals surface area (Å²) in [5, 5.41) is 14.7. The van der Waals surface area contributed by atoms with E-state index in [4.69, 9.17) is 10.6 Å². The highest BCUT2D eigenvalue weighted by Gasteiger charge is 2.31. The number of aliphatic carboxylic acids is 1. The Balaban J connectivity index is 2.64. The Morgan fingerprint density at radius 1 is 1.82 bits per heavy atom. The second kappa shape index (κ2) is 3.23. The van der Waals surface area contributed by atoms with E-state index in [9.17, 15) is 4.79 Å². The van der Waals surface area contributed by atoms with Crippen LogP contribution in [0.25, 0.3) is 10.4 Å². The Labute approximate surface area is 62.8 Å². The Hall–Kier alpha value is -1.26. The predicted molar refractivity (Wildman–Crippen MR) is 37.0 cm³/mol. The smallest absolute Gasteiger partial charge is 0.321 e. The third-order valence-electron chi connectivity index (χ3n) is 1.66. The highest BCUT2D eigenvalue weighted by atomic mass is 16.4. The SMILES string of the molecule is [N-]=[N+]=N[C@@H]1CCN[C@@H]1C(=O)O. The second-order valence-corrected chi connectivity index (χ2v) is 2.33. The zero-order valence-corrected chi connectivity index (χ0v) is 5.77.